The Labute approximate surface area is 85.3 Å². The molecule has 1 heterocycles. The van der Waals surface area contributed by atoms with Gasteiger partial charge in [-0.05, 0) is 25.0 Å². The van der Waals surface area contributed by atoms with Crippen LogP contribution in [0, 0.1) is 0 Å². The maximum atomic E-state index is 5.37. The maximum absolute atomic E-state index is 5.37. The summed E-state index contributed by atoms with van der Waals surface area (Å²) in [5.41, 5.74) is 1.34. The van der Waals surface area contributed by atoms with Crippen molar-refractivity contribution in [2.24, 2.45) is 0 Å². The minimum Gasteiger partial charge on any atom is -0.496 e. The molecule has 2 nitrogen and oxygen atoms in total. The first-order chi connectivity index (χ1) is 6.81. The summed E-state index contributed by atoms with van der Waals surface area (Å²) in [6, 6.07) is 8.95. The molecule has 1 saturated heterocycles. The Hall–Kier alpha value is -1.02. The molecule has 2 heteroatoms. The summed E-state index contributed by atoms with van der Waals surface area (Å²) in [4.78, 5) is 0. The molecule has 1 aliphatic heterocycles. The van der Waals surface area contributed by atoms with Crippen LogP contribution in [0.2, 0.25) is 0 Å². The van der Waals surface area contributed by atoms with E-state index < -0.39 is 0 Å². The third-order valence-corrected chi connectivity index (χ3v) is 2.93. The summed E-state index contributed by atoms with van der Waals surface area (Å²) in [6.45, 7) is 3.30. The normalized spacial score (nSPS) is 26.4. The molecule has 1 unspecified atom stereocenters. The van der Waals surface area contributed by atoms with Crippen molar-refractivity contribution in [2.45, 2.75) is 25.3 Å². The number of ether oxygens (including phenoxy) is 1. The minimum absolute atomic E-state index is 0.612. The van der Waals surface area contributed by atoms with Crippen LogP contribution in [0.4, 0.5) is 0 Å². The Morgan fingerprint density at radius 2 is 2.14 bits per heavy atom. The Balaban J connectivity index is 2.22. The first-order valence-electron chi connectivity index (χ1n) is 5.17. The zero-order valence-corrected chi connectivity index (χ0v) is 8.79. The lowest BCUT2D eigenvalue weighted by Gasteiger charge is -2.13. The molecule has 0 amide bonds. The van der Waals surface area contributed by atoms with Crippen molar-refractivity contribution in [3.8, 4) is 5.75 Å². The van der Waals surface area contributed by atoms with Gasteiger partial charge in [0.15, 0.2) is 0 Å². The zero-order chi connectivity index (χ0) is 9.97. The molecule has 1 aliphatic rings. The average molecular weight is 191 g/mol. The van der Waals surface area contributed by atoms with Crippen molar-refractivity contribution in [2.75, 3.05) is 13.7 Å². The number of rotatable bonds is 2. The van der Waals surface area contributed by atoms with Crippen LogP contribution in [-0.4, -0.2) is 19.7 Å². The largest absolute Gasteiger partial charge is 0.496 e. The second kappa shape index (κ2) is 4.01. The van der Waals surface area contributed by atoms with Gasteiger partial charge in [0.2, 0.25) is 0 Å². The second-order valence-electron chi connectivity index (χ2n) is 3.98. The Bertz CT molecular complexity index is 311. The number of para-hydroxylation sites is 1. The summed E-state index contributed by atoms with van der Waals surface area (Å²) in [7, 11) is 1.74. The highest BCUT2D eigenvalue weighted by molar-refractivity contribution is 5.37. The Morgan fingerprint density at radius 3 is 2.79 bits per heavy atom. The highest BCUT2D eigenvalue weighted by Gasteiger charge is 2.24. The van der Waals surface area contributed by atoms with E-state index in [0.29, 0.717) is 12.0 Å². The van der Waals surface area contributed by atoms with Gasteiger partial charge in [-0.15, -0.1) is 0 Å². The van der Waals surface area contributed by atoms with Crippen molar-refractivity contribution in [1.82, 2.24) is 5.32 Å². The fourth-order valence-corrected chi connectivity index (χ4v) is 2.18. The van der Waals surface area contributed by atoms with E-state index in [2.05, 4.69) is 24.4 Å². The highest BCUT2D eigenvalue weighted by atomic mass is 16.5. The van der Waals surface area contributed by atoms with Gasteiger partial charge in [0.05, 0.1) is 7.11 Å². The summed E-state index contributed by atoms with van der Waals surface area (Å²) in [5.74, 6) is 1.63. The first kappa shape index (κ1) is 9.53. The number of hydrogen-bond donors (Lipinski definition) is 1. The van der Waals surface area contributed by atoms with Crippen molar-refractivity contribution >= 4 is 0 Å². The standard InChI is InChI=1S/C12H17NO/c1-9-7-10(8-13-9)11-5-3-4-6-12(11)14-2/h3-6,9-10,13H,7-8H2,1-2H3/t9?,10-/m1/s1. The fraction of sp³-hybridized carbons (Fsp3) is 0.500. The molecule has 0 aromatic heterocycles. The third kappa shape index (κ3) is 1.75. The van der Waals surface area contributed by atoms with Gasteiger partial charge in [0.1, 0.15) is 5.75 Å². The van der Waals surface area contributed by atoms with Crippen molar-refractivity contribution in [3.05, 3.63) is 29.8 Å². The molecular weight excluding hydrogens is 174 g/mol. The lowest BCUT2D eigenvalue weighted by atomic mass is 9.96. The predicted octanol–water partition coefficient (Wildman–Crippen LogP) is 2.16. The van der Waals surface area contributed by atoms with Crippen molar-refractivity contribution in [3.63, 3.8) is 0 Å². The van der Waals surface area contributed by atoms with E-state index in [1.54, 1.807) is 7.11 Å². The summed E-state index contributed by atoms with van der Waals surface area (Å²) >= 11 is 0. The molecule has 0 bridgehead atoms. The average Bonchev–Trinajstić information content (AvgIpc) is 2.65. The van der Waals surface area contributed by atoms with E-state index in [9.17, 15) is 0 Å². The SMILES string of the molecule is COc1ccccc1[C@H]1CNC(C)C1. The maximum Gasteiger partial charge on any atom is 0.122 e. The van der Waals surface area contributed by atoms with Crippen molar-refractivity contribution < 1.29 is 4.74 Å². The van der Waals surface area contributed by atoms with E-state index in [1.165, 1.54) is 12.0 Å². The van der Waals surface area contributed by atoms with Gasteiger partial charge in [0, 0.05) is 18.5 Å². The molecule has 1 fully saturated rings. The molecule has 0 saturated carbocycles. The fourth-order valence-electron chi connectivity index (χ4n) is 2.18. The van der Waals surface area contributed by atoms with Crippen LogP contribution >= 0.6 is 0 Å². The van der Waals surface area contributed by atoms with Crippen LogP contribution < -0.4 is 10.1 Å². The van der Waals surface area contributed by atoms with Crippen LogP contribution in [0.1, 0.15) is 24.8 Å². The van der Waals surface area contributed by atoms with Crippen molar-refractivity contribution in [1.29, 1.82) is 0 Å². The van der Waals surface area contributed by atoms with Gasteiger partial charge in [-0.1, -0.05) is 18.2 Å². The van der Waals surface area contributed by atoms with Crippen LogP contribution in [0.3, 0.4) is 0 Å². The van der Waals surface area contributed by atoms with E-state index in [4.69, 9.17) is 4.74 Å². The van der Waals surface area contributed by atoms with Crippen LogP contribution in [-0.2, 0) is 0 Å². The number of nitrogens with one attached hydrogen (secondary N) is 1. The van der Waals surface area contributed by atoms with Gasteiger partial charge in [-0.3, -0.25) is 0 Å². The van der Waals surface area contributed by atoms with E-state index in [-0.39, 0.29) is 0 Å². The lowest BCUT2D eigenvalue weighted by Crippen LogP contribution is -2.16. The molecule has 2 atom stereocenters. The van der Waals surface area contributed by atoms with Gasteiger partial charge >= 0.3 is 0 Å². The number of hydrogen-bond acceptors (Lipinski definition) is 2. The topological polar surface area (TPSA) is 21.3 Å². The molecule has 0 radical (unpaired) electrons. The van der Waals surface area contributed by atoms with Crippen LogP contribution in [0.15, 0.2) is 24.3 Å². The minimum atomic E-state index is 0.612. The summed E-state index contributed by atoms with van der Waals surface area (Å²) in [5, 5.41) is 3.46. The Kier molecular flexibility index (Phi) is 2.73. The first-order valence-corrected chi connectivity index (χ1v) is 5.17. The molecule has 1 aromatic carbocycles. The molecule has 0 aliphatic carbocycles. The van der Waals surface area contributed by atoms with E-state index >= 15 is 0 Å². The second-order valence-corrected chi connectivity index (χ2v) is 3.98. The number of benzene rings is 1. The van der Waals surface area contributed by atoms with Gasteiger partial charge < -0.3 is 10.1 Å². The highest BCUT2D eigenvalue weighted by Crippen LogP contribution is 2.31. The number of methoxy groups -OCH3 is 1. The molecule has 1 aromatic rings. The molecule has 76 valence electrons. The quantitative estimate of drug-likeness (QED) is 0.773. The molecule has 0 spiro atoms. The molecule has 1 N–H and O–H groups in total. The smallest absolute Gasteiger partial charge is 0.122 e. The monoisotopic (exact) mass is 191 g/mol. The lowest BCUT2D eigenvalue weighted by molar-refractivity contribution is 0.406. The van der Waals surface area contributed by atoms with Gasteiger partial charge in [-0.25, -0.2) is 0 Å². The molecular formula is C12H17NO. The Morgan fingerprint density at radius 1 is 1.36 bits per heavy atom. The third-order valence-electron chi connectivity index (χ3n) is 2.93. The van der Waals surface area contributed by atoms with E-state index in [0.717, 1.165) is 12.3 Å². The summed E-state index contributed by atoms with van der Waals surface area (Å²) in [6.07, 6.45) is 1.21. The molecule has 2 rings (SSSR count). The van der Waals surface area contributed by atoms with E-state index in [1.807, 2.05) is 12.1 Å². The van der Waals surface area contributed by atoms with Gasteiger partial charge in [-0.2, -0.15) is 0 Å². The van der Waals surface area contributed by atoms with Crippen LogP contribution in [0.5, 0.6) is 5.75 Å². The summed E-state index contributed by atoms with van der Waals surface area (Å²) < 4.78 is 5.37. The molecule has 14 heavy (non-hydrogen) atoms. The van der Waals surface area contributed by atoms with Crippen LogP contribution in [0.25, 0.3) is 0 Å². The van der Waals surface area contributed by atoms with Gasteiger partial charge in [0.25, 0.3) is 0 Å². The zero-order valence-electron chi connectivity index (χ0n) is 8.79. The predicted molar refractivity (Wildman–Crippen MR) is 57.8 cm³/mol.